The summed E-state index contributed by atoms with van der Waals surface area (Å²) in [6.45, 7) is 2.77. The Hall–Kier alpha value is 0.190. The van der Waals surface area contributed by atoms with Crippen LogP contribution in [0.3, 0.4) is 0 Å². The molecule has 5 heteroatoms. The van der Waals surface area contributed by atoms with Crippen LogP contribution in [0, 0.1) is 0 Å². The van der Waals surface area contributed by atoms with Gasteiger partial charge in [-0.1, -0.05) is 6.92 Å². The van der Waals surface area contributed by atoms with Crippen LogP contribution in [-0.4, -0.2) is 58.7 Å². The predicted octanol–water partition coefficient (Wildman–Crippen LogP) is 1.15. The van der Waals surface area contributed by atoms with Crippen molar-refractivity contribution < 1.29 is 14.9 Å². The molecule has 1 atom stereocenters. The zero-order valence-electron chi connectivity index (χ0n) is 11.9. The van der Waals surface area contributed by atoms with Crippen LogP contribution in [0.15, 0.2) is 0 Å². The number of thioether (sulfide) groups is 1. The van der Waals surface area contributed by atoms with Crippen molar-refractivity contribution in [2.75, 3.05) is 31.3 Å². The lowest BCUT2D eigenvalue weighted by Crippen LogP contribution is -2.59. The third-order valence-corrected chi connectivity index (χ3v) is 5.68. The molecule has 2 heterocycles. The van der Waals surface area contributed by atoms with Crippen LogP contribution in [0.4, 0.5) is 0 Å². The van der Waals surface area contributed by atoms with E-state index in [1.807, 2.05) is 18.7 Å². The summed E-state index contributed by atoms with van der Waals surface area (Å²) in [7, 11) is 0. The van der Waals surface area contributed by atoms with Gasteiger partial charge in [-0.25, -0.2) is 0 Å². The van der Waals surface area contributed by atoms with E-state index >= 15 is 0 Å². The first kappa shape index (κ1) is 15.6. The summed E-state index contributed by atoms with van der Waals surface area (Å²) in [6.07, 6.45) is 4.98. The lowest BCUT2D eigenvalue weighted by Gasteiger charge is -2.46. The van der Waals surface area contributed by atoms with E-state index in [0.29, 0.717) is 6.04 Å². The van der Waals surface area contributed by atoms with E-state index in [2.05, 4.69) is 5.32 Å². The number of hydrogen-bond acceptors (Lipinski definition) is 5. The SMILES string of the molecule is CCC(CO)(CO)NC1CCOC2(CCSCC2)C1. The molecule has 3 N–H and O–H groups in total. The molecule has 1 unspecified atom stereocenters. The van der Waals surface area contributed by atoms with Crippen molar-refractivity contribution in [3.63, 3.8) is 0 Å². The van der Waals surface area contributed by atoms with E-state index in [1.165, 1.54) is 11.5 Å². The number of nitrogens with one attached hydrogen (secondary N) is 1. The van der Waals surface area contributed by atoms with Crippen LogP contribution in [0.1, 0.15) is 39.0 Å². The quantitative estimate of drug-likeness (QED) is 0.709. The monoisotopic (exact) mass is 289 g/mol. The van der Waals surface area contributed by atoms with Crippen LogP contribution in [0.5, 0.6) is 0 Å². The van der Waals surface area contributed by atoms with Gasteiger partial charge in [0.25, 0.3) is 0 Å². The molecule has 4 nitrogen and oxygen atoms in total. The molecule has 0 aromatic heterocycles. The molecule has 0 aromatic rings. The molecule has 19 heavy (non-hydrogen) atoms. The fourth-order valence-corrected chi connectivity index (χ4v) is 4.38. The average molecular weight is 289 g/mol. The van der Waals surface area contributed by atoms with Crippen molar-refractivity contribution in [2.24, 2.45) is 0 Å². The molecule has 2 rings (SSSR count). The van der Waals surface area contributed by atoms with Crippen LogP contribution in [0.2, 0.25) is 0 Å². The minimum Gasteiger partial charge on any atom is -0.394 e. The van der Waals surface area contributed by atoms with Gasteiger partial charge < -0.3 is 20.3 Å². The van der Waals surface area contributed by atoms with Gasteiger partial charge in [-0.15, -0.1) is 0 Å². The second-order valence-electron chi connectivity index (χ2n) is 5.93. The topological polar surface area (TPSA) is 61.7 Å². The number of aliphatic hydroxyl groups is 2. The van der Waals surface area contributed by atoms with Crippen molar-refractivity contribution in [3.8, 4) is 0 Å². The zero-order valence-corrected chi connectivity index (χ0v) is 12.7. The molecule has 0 radical (unpaired) electrons. The lowest BCUT2D eigenvalue weighted by atomic mass is 9.84. The Morgan fingerprint density at radius 1 is 1.32 bits per heavy atom. The largest absolute Gasteiger partial charge is 0.394 e. The molecule has 2 saturated heterocycles. The van der Waals surface area contributed by atoms with Gasteiger partial charge in [-0.3, -0.25) is 0 Å². The zero-order chi connectivity index (χ0) is 13.8. The fourth-order valence-electron chi connectivity index (χ4n) is 3.14. The Kier molecular flexibility index (Phi) is 5.55. The first-order valence-corrected chi connectivity index (χ1v) is 8.54. The maximum absolute atomic E-state index is 9.55. The highest BCUT2D eigenvalue weighted by molar-refractivity contribution is 7.99. The van der Waals surface area contributed by atoms with Crippen molar-refractivity contribution in [1.82, 2.24) is 5.32 Å². The van der Waals surface area contributed by atoms with Gasteiger partial charge in [0, 0.05) is 12.6 Å². The molecule has 0 aromatic carbocycles. The van der Waals surface area contributed by atoms with Crippen molar-refractivity contribution in [1.29, 1.82) is 0 Å². The number of hydrogen-bond donors (Lipinski definition) is 3. The maximum Gasteiger partial charge on any atom is 0.0713 e. The van der Waals surface area contributed by atoms with E-state index in [9.17, 15) is 10.2 Å². The summed E-state index contributed by atoms with van der Waals surface area (Å²) < 4.78 is 6.07. The third-order valence-electron chi connectivity index (χ3n) is 4.69. The van der Waals surface area contributed by atoms with Gasteiger partial charge in [0.1, 0.15) is 0 Å². The first-order chi connectivity index (χ1) is 9.17. The number of rotatable bonds is 5. The first-order valence-electron chi connectivity index (χ1n) is 7.39. The number of ether oxygens (including phenoxy) is 1. The van der Waals surface area contributed by atoms with Gasteiger partial charge in [0.05, 0.1) is 24.4 Å². The van der Waals surface area contributed by atoms with E-state index in [-0.39, 0.29) is 18.8 Å². The van der Waals surface area contributed by atoms with Crippen LogP contribution >= 0.6 is 11.8 Å². The second kappa shape index (κ2) is 6.76. The van der Waals surface area contributed by atoms with Gasteiger partial charge >= 0.3 is 0 Å². The van der Waals surface area contributed by atoms with Crippen molar-refractivity contribution in [3.05, 3.63) is 0 Å². The summed E-state index contributed by atoms with van der Waals surface area (Å²) in [6, 6.07) is 0.344. The summed E-state index contributed by atoms with van der Waals surface area (Å²) in [5.41, 5.74) is -0.488. The summed E-state index contributed by atoms with van der Waals surface area (Å²) in [4.78, 5) is 0. The molecule has 0 aliphatic carbocycles. The molecule has 0 amide bonds. The normalized spacial score (nSPS) is 27.6. The van der Waals surface area contributed by atoms with Crippen LogP contribution < -0.4 is 5.32 Å². The minimum atomic E-state index is -0.535. The Morgan fingerprint density at radius 2 is 2.00 bits per heavy atom. The van der Waals surface area contributed by atoms with Crippen molar-refractivity contribution in [2.45, 2.75) is 56.2 Å². The molecule has 2 aliphatic rings. The van der Waals surface area contributed by atoms with Gasteiger partial charge in [-0.05, 0) is 43.6 Å². The molecular weight excluding hydrogens is 262 g/mol. The maximum atomic E-state index is 9.55. The smallest absolute Gasteiger partial charge is 0.0713 e. The van der Waals surface area contributed by atoms with Crippen molar-refractivity contribution >= 4 is 11.8 Å². The Bertz CT molecular complexity index is 264. The summed E-state index contributed by atoms with van der Waals surface area (Å²) in [5, 5.41) is 22.6. The van der Waals surface area contributed by atoms with Crippen LogP contribution in [0.25, 0.3) is 0 Å². The van der Waals surface area contributed by atoms with E-state index in [1.54, 1.807) is 0 Å². The lowest BCUT2D eigenvalue weighted by molar-refractivity contribution is -0.0989. The average Bonchev–Trinajstić information content (AvgIpc) is 2.46. The third kappa shape index (κ3) is 3.64. The molecule has 112 valence electrons. The molecule has 0 bridgehead atoms. The highest BCUT2D eigenvalue weighted by Crippen LogP contribution is 2.38. The van der Waals surface area contributed by atoms with Crippen LogP contribution in [-0.2, 0) is 4.74 Å². The second-order valence-corrected chi connectivity index (χ2v) is 7.15. The summed E-state index contributed by atoms with van der Waals surface area (Å²) >= 11 is 2.01. The van der Waals surface area contributed by atoms with Gasteiger partial charge in [-0.2, -0.15) is 11.8 Å². The molecule has 0 saturated carbocycles. The Balaban J connectivity index is 1.97. The highest BCUT2D eigenvalue weighted by Gasteiger charge is 2.41. The predicted molar refractivity (Wildman–Crippen MR) is 78.6 cm³/mol. The Morgan fingerprint density at radius 3 is 2.58 bits per heavy atom. The molecule has 2 aliphatic heterocycles. The highest BCUT2D eigenvalue weighted by atomic mass is 32.2. The standard InChI is InChI=1S/C14H27NO3S/c1-2-13(10-16,11-17)15-12-3-6-18-14(9-12)4-7-19-8-5-14/h12,15-17H,2-11H2,1H3. The molecule has 1 spiro atoms. The van der Waals surface area contributed by atoms with Gasteiger partial charge in [0.15, 0.2) is 0 Å². The Labute approximate surface area is 120 Å². The minimum absolute atomic E-state index is 0.0137. The summed E-state index contributed by atoms with van der Waals surface area (Å²) in [5.74, 6) is 2.37. The fraction of sp³-hybridized carbons (Fsp3) is 1.00. The van der Waals surface area contributed by atoms with Gasteiger partial charge in [0.2, 0.25) is 0 Å². The molecular formula is C14H27NO3S. The number of aliphatic hydroxyl groups excluding tert-OH is 2. The molecule has 2 fully saturated rings. The van der Waals surface area contributed by atoms with E-state index in [4.69, 9.17) is 4.74 Å². The van der Waals surface area contributed by atoms with E-state index < -0.39 is 5.54 Å². The van der Waals surface area contributed by atoms with E-state index in [0.717, 1.165) is 38.7 Å².